The van der Waals surface area contributed by atoms with Gasteiger partial charge in [0.25, 0.3) is 0 Å². The summed E-state index contributed by atoms with van der Waals surface area (Å²) in [6.45, 7) is 7.12. The topological polar surface area (TPSA) is 66.8 Å². The van der Waals surface area contributed by atoms with E-state index in [9.17, 15) is 15.0 Å². The third kappa shape index (κ3) is 2.38. The Morgan fingerprint density at radius 2 is 1.70 bits per heavy atom. The first-order chi connectivity index (χ1) is 9.25. The molecular weight excluding hydrogens is 256 g/mol. The second-order valence-corrected chi connectivity index (χ2v) is 5.61. The highest BCUT2D eigenvalue weighted by Gasteiger charge is 2.33. The van der Waals surface area contributed by atoms with Crippen LogP contribution in [0, 0.1) is 20.8 Å². The van der Waals surface area contributed by atoms with Crippen LogP contribution in [0.1, 0.15) is 42.0 Å². The zero-order chi connectivity index (χ0) is 15.1. The first-order valence-corrected chi connectivity index (χ1v) is 6.68. The van der Waals surface area contributed by atoms with Crippen molar-refractivity contribution in [1.82, 2.24) is 0 Å². The summed E-state index contributed by atoms with van der Waals surface area (Å²) in [5.74, 6) is 0.136. The molecule has 1 aliphatic heterocycles. The van der Waals surface area contributed by atoms with E-state index >= 15 is 0 Å². The highest BCUT2D eigenvalue weighted by molar-refractivity contribution is 5.74. The number of carbonyl (C=O) groups excluding carboxylic acids is 1. The first kappa shape index (κ1) is 14.4. The molecule has 1 heterocycles. The predicted molar refractivity (Wildman–Crippen MR) is 76.7 cm³/mol. The molecule has 108 valence electrons. The van der Waals surface area contributed by atoms with Crippen LogP contribution >= 0.6 is 0 Å². The summed E-state index contributed by atoms with van der Waals surface area (Å²) in [4.78, 5) is 11.2. The molecule has 1 fully saturated rings. The number of cyclic esters (lactones) is 1. The van der Waals surface area contributed by atoms with E-state index in [2.05, 4.69) is 0 Å². The molecule has 0 saturated carbocycles. The lowest BCUT2D eigenvalue weighted by Gasteiger charge is -2.18. The summed E-state index contributed by atoms with van der Waals surface area (Å²) in [5, 5.41) is 20.3. The number of esters is 1. The molecule has 1 aliphatic rings. The Balaban J connectivity index is 2.42. The van der Waals surface area contributed by atoms with Crippen molar-refractivity contribution in [3.8, 4) is 11.5 Å². The van der Waals surface area contributed by atoms with Crippen LogP contribution < -0.4 is 0 Å². The molecule has 0 aromatic heterocycles. The Labute approximate surface area is 118 Å². The van der Waals surface area contributed by atoms with Gasteiger partial charge >= 0.3 is 5.97 Å². The average molecular weight is 276 g/mol. The standard InChI is InChI=1S/C16H20O4/c1-9-10(2)15(19)12(11(3)14(9)18)5-7-16(4)8-6-13(17)20-16/h5,7,18-19H,6,8H2,1-4H3. The Morgan fingerprint density at radius 1 is 1.10 bits per heavy atom. The van der Waals surface area contributed by atoms with Crippen molar-refractivity contribution in [3.63, 3.8) is 0 Å². The molecule has 1 unspecified atom stereocenters. The molecule has 1 aromatic carbocycles. The Bertz CT molecular complexity index is 572. The molecule has 0 radical (unpaired) electrons. The van der Waals surface area contributed by atoms with Gasteiger partial charge in [0.1, 0.15) is 17.1 Å². The van der Waals surface area contributed by atoms with Crippen LogP contribution in [-0.2, 0) is 9.53 Å². The van der Waals surface area contributed by atoms with E-state index in [4.69, 9.17) is 4.74 Å². The van der Waals surface area contributed by atoms with Crippen LogP contribution in [0.4, 0.5) is 0 Å². The third-order valence-electron chi connectivity index (χ3n) is 4.06. The largest absolute Gasteiger partial charge is 0.507 e. The fraction of sp³-hybridized carbons (Fsp3) is 0.438. The van der Waals surface area contributed by atoms with Gasteiger partial charge < -0.3 is 14.9 Å². The van der Waals surface area contributed by atoms with Gasteiger partial charge in [-0.15, -0.1) is 0 Å². The number of ether oxygens (including phenoxy) is 1. The summed E-state index contributed by atoms with van der Waals surface area (Å²) in [6, 6.07) is 0. The molecule has 20 heavy (non-hydrogen) atoms. The maximum absolute atomic E-state index is 11.2. The molecule has 0 spiro atoms. The molecule has 2 N–H and O–H groups in total. The fourth-order valence-corrected chi connectivity index (χ4v) is 2.44. The highest BCUT2D eigenvalue weighted by atomic mass is 16.6. The second-order valence-electron chi connectivity index (χ2n) is 5.61. The van der Waals surface area contributed by atoms with E-state index in [1.165, 1.54) is 0 Å². The van der Waals surface area contributed by atoms with Crippen LogP contribution in [0.25, 0.3) is 6.08 Å². The monoisotopic (exact) mass is 276 g/mol. The Kier molecular flexibility index (Phi) is 3.50. The van der Waals surface area contributed by atoms with Gasteiger partial charge in [0, 0.05) is 24.0 Å². The number of aromatic hydroxyl groups is 2. The van der Waals surface area contributed by atoms with E-state index < -0.39 is 5.60 Å². The van der Waals surface area contributed by atoms with E-state index in [-0.39, 0.29) is 17.5 Å². The summed E-state index contributed by atoms with van der Waals surface area (Å²) in [6.07, 6.45) is 4.52. The summed E-state index contributed by atoms with van der Waals surface area (Å²) >= 11 is 0. The molecule has 4 heteroatoms. The van der Waals surface area contributed by atoms with Gasteiger partial charge in [0.2, 0.25) is 0 Å². The van der Waals surface area contributed by atoms with Gasteiger partial charge in [0.15, 0.2) is 0 Å². The molecular formula is C16H20O4. The maximum atomic E-state index is 11.2. The minimum Gasteiger partial charge on any atom is -0.507 e. The van der Waals surface area contributed by atoms with E-state index in [0.29, 0.717) is 35.1 Å². The molecule has 1 aromatic rings. The number of hydrogen-bond acceptors (Lipinski definition) is 4. The predicted octanol–water partition coefficient (Wildman–Crippen LogP) is 3.13. The Morgan fingerprint density at radius 3 is 2.25 bits per heavy atom. The summed E-state index contributed by atoms with van der Waals surface area (Å²) in [5.41, 5.74) is 1.88. The van der Waals surface area contributed by atoms with Crippen molar-refractivity contribution >= 4 is 12.0 Å². The molecule has 4 nitrogen and oxygen atoms in total. The number of benzene rings is 1. The number of rotatable bonds is 2. The van der Waals surface area contributed by atoms with Gasteiger partial charge in [-0.2, -0.15) is 0 Å². The van der Waals surface area contributed by atoms with Crippen LogP contribution in [0.2, 0.25) is 0 Å². The summed E-state index contributed by atoms with van der Waals surface area (Å²) in [7, 11) is 0. The van der Waals surface area contributed by atoms with Gasteiger partial charge in [-0.25, -0.2) is 0 Å². The number of carbonyl (C=O) groups is 1. The van der Waals surface area contributed by atoms with Crippen molar-refractivity contribution in [1.29, 1.82) is 0 Å². The molecule has 0 aliphatic carbocycles. The quantitative estimate of drug-likeness (QED) is 0.643. The molecule has 0 bridgehead atoms. The minimum atomic E-state index is -0.635. The molecule has 0 amide bonds. The van der Waals surface area contributed by atoms with E-state index in [1.54, 1.807) is 32.9 Å². The smallest absolute Gasteiger partial charge is 0.306 e. The maximum Gasteiger partial charge on any atom is 0.306 e. The molecule has 1 atom stereocenters. The number of hydrogen-bond donors (Lipinski definition) is 2. The van der Waals surface area contributed by atoms with Gasteiger partial charge in [0.05, 0.1) is 0 Å². The van der Waals surface area contributed by atoms with E-state index in [0.717, 1.165) is 0 Å². The zero-order valence-electron chi connectivity index (χ0n) is 12.3. The highest BCUT2D eigenvalue weighted by Crippen LogP contribution is 2.38. The third-order valence-corrected chi connectivity index (χ3v) is 4.06. The van der Waals surface area contributed by atoms with Gasteiger partial charge in [-0.1, -0.05) is 6.08 Å². The second kappa shape index (κ2) is 4.85. The van der Waals surface area contributed by atoms with Crippen LogP contribution in [0.5, 0.6) is 11.5 Å². The average Bonchev–Trinajstić information content (AvgIpc) is 2.74. The van der Waals surface area contributed by atoms with Crippen LogP contribution in [-0.4, -0.2) is 21.8 Å². The van der Waals surface area contributed by atoms with Crippen molar-refractivity contribution < 1.29 is 19.7 Å². The van der Waals surface area contributed by atoms with Gasteiger partial charge in [-0.05, 0) is 44.9 Å². The SMILES string of the molecule is Cc1c(C)c(O)c(C=CC2(C)CCC(=O)O2)c(C)c1O. The van der Waals surface area contributed by atoms with Crippen molar-refractivity contribution in [2.45, 2.75) is 46.1 Å². The molecule has 2 rings (SSSR count). The summed E-state index contributed by atoms with van der Waals surface area (Å²) < 4.78 is 5.26. The van der Waals surface area contributed by atoms with Crippen molar-refractivity contribution in [2.75, 3.05) is 0 Å². The minimum absolute atomic E-state index is 0.155. The van der Waals surface area contributed by atoms with Crippen molar-refractivity contribution in [2.24, 2.45) is 0 Å². The number of phenols is 2. The fourth-order valence-electron chi connectivity index (χ4n) is 2.44. The Hall–Kier alpha value is -1.97. The zero-order valence-corrected chi connectivity index (χ0v) is 12.3. The number of phenolic OH excluding ortho intramolecular Hbond substituents is 2. The lowest BCUT2D eigenvalue weighted by atomic mass is 9.95. The van der Waals surface area contributed by atoms with Crippen molar-refractivity contribution in [3.05, 3.63) is 28.3 Å². The normalized spacial score (nSPS) is 22.5. The van der Waals surface area contributed by atoms with Crippen LogP contribution in [0.3, 0.4) is 0 Å². The first-order valence-electron chi connectivity index (χ1n) is 6.68. The molecule has 1 saturated heterocycles. The van der Waals surface area contributed by atoms with Crippen LogP contribution in [0.15, 0.2) is 6.08 Å². The van der Waals surface area contributed by atoms with E-state index in [1.807, 2.05) is 6.92 Å². The lowest BCUT2D eigenvalue weighted by molar-refractivity contribution is -0.144. The lowest BCUT2D eigenvalue weighted by Crippen LogP contribution is -2.20. The van der Waals surface area contributed by atoms with Gasteiger partial charge in [-0.3, -0.25) is 4.79 Å².